The van der Waals surface area contributed by atoms with Crippen molar-refractivity contribution in [2.24, 2.45) is 11.8 Å². The topological polar surface area (TPSA) is 78.6 Å². The molecular weight excluding hydrogens is 354 g/mol. The molecule has 1 atom stereocenters. The summed E-state index contributed by atoms with van der Waals surface area (Å²) in [6.45, 7) is 2.15. The van der Waals surface area contributed by atoms with Gasteiger partial charge in [-0.15, -0.1) is 0 Å². The maximum atomic E-state index is 12.5. The number of piperidine rings is 1. The third-order valence-electron chi connectivity index (χ3n) is 5.46. The molecule has 1 amide bonds. The molecule has 140 valence electrons. The van der Waals surface area contributed by atoms with Crippen molar-refractivity contribution < 1.29 is 14.3 Å². The monoisotopic (exact) mass is 377 g/mol. The van der Waals surface area contributed by atoms with Crippen LogP contribution in [-0.4, -0.2) is 41.7 Å². The Kier molecular flexibility index (Phi) is 5.05. The van der Waals surface area contributed by atoms with Gasteiger partial charge in [0.15, 0.2) is 5.58 Å². The van der Waals surface area contributed by atoms with Crippen molar-refractivity contribution in [1.82, 2.24) is 10.3 Å². The van der Waals surface area contributed by atoms with Gasteiger partial charge in [-0.3, -0.25) is 4.79 Å². The summed E-state index contributed by atoms with van der Waals surface area (Å²) in [4.78, 5) is 19.1. The minimum Gasteiger partial charge on any atom is -0.423 e. The first-order valence-electron chi connectivity index (χ1n) is 9.35. The second kappa shape index (κ2) is 7.45. The van der Waals surface area contributed by atoms with Crippen LogP contribution in [0.2, 0.25) is 5.02 Å². The van der Waals surface area contributed by atoms with Crippen LogP contribution >= 0.6 is 11.6 Å². The van der Waals surface area contributed by atoms with Crippen LogP contribution in [0.25, 0.3) is 11.1 Å². The number of aliphatic hydroxyl groups excluding tert-OH is 1. The van der Waals surface area contributed by atoms with Crippen LogP contribution in [0.15, 0.2) is 22.6 Å². The molecular formula is C19H24ClN3O3. The number of carbonyl (C=O) groups is 1. The van der Waals surface area contributed by atoms with Crippen LogP contribution in [0, 0.1) is 11.8 Å². The average Bonchev–Trinajstić information content (AvgIpc) is 3.03. The molecule has 1 aliphatic heterocycles. The predicted molar refractivity (Wildman–Crippen MR) is 100 cm³/mol. The van der Waals surface area contributed by atoms with Gasteiger partial charge in [-0.25, -0.2) is 0 Å². The van der Waals surface area contributed by atoms with Crippen molar-refractivity contribution in [2.75, 3.05) is 24.5 Å². The zero-order valence-corrected chi connectivity index (χ0v) is 15.4. The Bertz CT molecular complexity index is 787. The SMILES string of the molecule is O=C(NCCC1CC(O)C1)C1CCCN(c2nc3cc(Cl)ccc3o2)C1. The number of rotatable bonds is 5. The molecule has 2 aliphatic rings. The van der Waals surface area contributed by atoms with Crippen LogP contribution in [-0.2, 0) is 4.79 Å². The molecule has 1 unspecified atom stereocenters. The lowest BCUT2D eigenvalue weighted by Crippen LogP contribution is -2.44. The summed E-state index contributed by atoms with van der Waals surface area (Å²) in [5, 5.41) is 13.0. The zero-order chi connectivity index (χ0) is 18.1. The Hall–Kier alpha value is -1.79. The molecule has 0 bridgehead atoms. The van der Waals surface area contributed by atoms with E-state index in [-0.39, 0.29) is 17.9 Å². The Morgan fingerprint density at radius 2 is 2.27 bits per heavy atom. The van der Waals surface area contributed by atoms with Crippen LogP contribution in [0.1, 0.15) is 32.1 Å². The lowest BCUT2D eigenvalue weighted by atomic mass is 9.80. The molecule has 2 heterocycles. The van der Waals surface area contributed by atoms with E-state index in [1.54, 1.807) is 12.1 Å². The Morgan fingerprint density at radius 1 is 1.42 bits per heavy atom. The summed E-state index contributed by atoms with van der Waals surface area (Å²) in [5.41, 5.74) is 1.44. The molecule has 2 fully saturated rings. The van der Waals surface area contributed by atoms with Crippen molar-refractivity contribution in [2.45, 2.75) is 38.2 Å². The molecule has 7 heteroatoms. The number of nitrogens with zero attached hydrogens (tertiary/aromatic N) is 2. The number of anilines is 1. The van der Waals surface area contributed by atoms with E-state index in [0.29, 0.717) is 35.6 Å². The predicted octanol–water partition coefficient (Wildman–Crippen LogP) is 2.97. The molecule has 1 aromatic carbocycles. The number of hydrogen-bond acceptors (Lipinski definition) is 5. The number of aliphatic hydroxyl groups is 1. The van der Waals surface area contributed by atoms with E-state index < -0.39 is 0 Å². The largest absolute Gasteiger partial charge is 0.423 e. The van der Waals surface area contributed by atoms with Gasteiger partial charge in [-0.2, -0.15) is 4.98 Å². The van der Waals surface area contributed by atoms with Crippen molar-refractivity contribution >= 4 is 34.6 Å². The number of halogens is 1. The minimum absolute atomic E-state index is 0.0469. The number of aromatic nitrogens is 1. The van der Waals surface area contributed by atoms with Crippen molar-refractivity contribution in [3.63, 3.8) is 0 Å². The fraction of sp³-hybridized carbons (Fsp3) is 0.579. The van der Waals surface area contributed by atoms with Gasteiger partial charge in [-0.05, 0) is 56.2 Å². The van der Waals surface area contributed by atoms with Gasteiger partial charge in [-0.1, -0.05) is 11.6 Å². The number of nitrogens with one attached hydrogen (secondary N) is 1. The first-order chi connectivity index (χ1) is 12.6. The molecule has 1 aromatic heterocycles. The third kappa shape index (κ3) is 3.81. The number of oxazole rings is 1. The zero-order valence-electron chi connectivity index (χ0n) is 14.7. The van der Waals surface area contributed by atoms with Gasteiger partial charge < -0.3 is 19.7 Å². The van der Waals surface area contributed by atoms with E-state index >= 15 is 0 Å². The lowest BCUT2D eigenvalue weighted by Gasteiger charge is -2.32. The highest BCUT2D eigenvalue weighted by atomic mass is 35.5. The average molecular weight is 378 g/mol. The van der Waals surface area contributed by atoms with E-state index in [4.69, 9.17) is 16.0 Å². The molecule has 26 heavy (non-hydrogen) atoms. The summed E-state index contributed by atoms with van der Waals surface area (Å²) in [6, 6.07) is 5.95. The molecule has 1 saturated carbocycles. The molecule has 2 N–H and O–H groups in total. The van der Waals surface area contributed by atoms with Crippen LogP contribution in [0.5, 0.6) is 0 Å². The van der Waals surface area contributed by atoms with Crippen LogP contribution < -0.4 is 10.2 Å². The maximum absolute atomic E-state index is 12.5. The quantitative estimate of drug-likeness (QED) is 0.837. The van der Waals surface area contributed by atoms with E-state index in [2.05, 4.69) is 10.3 Å². The van der Waals surface area contributed by atoms with Crippen molar-refractivity contribution in [3.8, 4) is 0 Å². The van der Waals surface area contributed by atoms with E-state index in [1.807, 2.05) is 11.0 Å². The van der Waals surface area contributed by atoms with Crippen molar-refractivity contribution in [1.29, 1.82) is 0 Å². The first-order valence-corrected chi connectivity index (χ1v) is 9.73. The molecule has 0 spiro atoms. The van der Waals surface area contributed by atoms with Gasteiger partial charge in [0, 0.05) is 24.7 Å². The van der Waals surface area contributed by atoms with Gasteiger partial charge in [0.1, 0.15) is 5.52 Å². The molecule has 1 saturated heterocycles. The Morgan fingerprint density at radius 3 is 3.08 bits per heavy atom. The van der Waals surface area contributed by atoms with Gasteiger partial charge >= 0.3 is 0 Å². The van der Waals surface area contributed by atoms with Gasteiger partial charge in [0.2, 0.25) is 5.91 Å². The van der Waals surface area contributed by atoms with Gasteiger partial charge in [0.05, 0.1) is 12.0 Å². The maximum Gasteiger partial charge on any atom is 0.298 e. The highest BCUT2D eigenvalue weighted by Gasteiger charge is 2.29. The second-order valence-electron chi connectivity index (χ2n) is 7.46. The van der Waals surface area contributed by atoms with Crippen LogP contribution in [0.3, 0.4) is 0 Å². The highest BCUT2D eigenvalue weighted by molar-refractivity contribution is 6.31. The first kappa shape index (κ1) is 17.6. The van der Waals surface area contributed by atoms with E-state index in [9.17, 15) is 9.90 Å². The Labute approximate surface area is 157 Å². The van der Waals surface area contributed by atoms with Gasteiger partial charge in [0.25, 0.3) is 6.01 Å². The number of carbonyl (C=O) groups excluding carboxylic acids is 1. The molecule has 4 rings (SSSR count). The summed E-state index contributed by atoms with van der Waals surface area (Å²) >= 11 is 6.01. The minimum atomic E-state index is -0.131. The fourth-order valence-corrected chi connectivity index (χ4v) is 4.03. The summed E-state index contributed by atoms with van der Waals surface area (Å²) in [7, 11) is 0. The number of benzene rings is 1. The summed E-state index contributed by atoms with van der Waals surface area (Å²) in [5.74, 6) is 0.614. The molecule has 0 radical (unpaired) electrons. The number of fused-ring (bicyclic) bond motifs is 1. The number of amides is 1. The summed E-state index contributed by atoms with van der Waals surface area (Å²) in [6.07, 6.45) is 4.38. The highest BCUT2D eigenvalue weighted by Crippen LogP contribution is 2.30. The Balaban J connectivity index is 1.33. The lowest BCUT2D eigenvalue weighted by molar-refractivity contribution is -0.125. The second-order valence-corrected chi connectivity index (χ2v) is 7.90. The molecule has 1 aliphatic carbocycles. The summed E-state index contributed by atoms with van der Waals surface area (Å²) < 4.78 is 5.84. The van der Waals surface area contributed by atoms with Crippen molar-refractivity contribution in [3.05, 3.63) is 23.2 Å². The van der Waals surface area contributed by atoms with E-state index in [1.165, 1.54) is 0 Å². The molecule has 6 nitrogen and oxygen atoms in total. The fourth-order valence-electron chi connectivity index (χ4n) is 3.87. The standard InChI is InChI=1S/C19H24ClN3O3/c20-14-3-4-17-16(10-14)22-19(26-17)23-7-1-2-13(11-23)18(25)21-6-5-12-8-15(24)9-12/h3-4,10,12-13,15,24H,1-2,5-9,11H2,(H,21,25). The van der Waals surface area contributed by atoms with Crippen LogP contribution in [0.4, 0.5) is 6.01 Å². The van der Waals surface area contributed by atoms with E-state index in [0.717, 1.165) is 44.2 Å². The smallest absolute Gasteiger partial charge is 0.298 e. The molecule has 2 aromatic rings. The normalized spacial score (nSPS) is 25.9. The third-order valence-corrected chi connectivity index (χ3v) is 5.70. The number of hydrogen-bond donors (Lipinski definition) is 2.